The van der Waals surface area contributed by atoms with E-state index in [4.69, 9.17) is 15.3 Å². The molecular weight excluding hydrogens is 338 g/mol. The number of halogens is 1. The number of morpholine rings is 1. The van der Waals surface area contributed by atoms with Crippen molar-refractivity contribution in [3.05, 3.63) is 16.4 Å². The van der Waals surface area contributed by atoms with E-state index >= 15 is 0 Å². The summed E-state index contributed by atoms with van der Waals surface area (Å²) in [4.78, 5) is 2.36. The van der Waals surface area contributed by atoms with Gasteiger partial charge in [0.15, 0.2) is 0 Å². The van der Waals surface area contributed by atoms with Crippen LogP contribution in [0.15, 0.2) is 10.7 Å². The van der Waals surface area contributed by atoms with Crippen LogP contribution in [0, 0.1) is 0 Å². The van der Waals surface area contributed by atoms with Gasteiger partial charge in [-0.25, -0.2) is 5.43 Å². The SMILES string of the molecule is CCN1CCOC(C(NN)c2c(Br)cnn2CCOC)C1. The number of hydrogen-bond donors (Lipinski definition) is 2. The standard InChI is InChI=1S/C13H24BrN5O2/c1-3-18-4-7-21-11(9-18)12(17-15)13-10(14)8-16-19(13)5-6-20-2/h8,11-12,17H,3-7,9,15H2,1-2H3. The van der Waals surface area contributed by atoms with Gasteiger partial charge in [-0.1, -0.05) is 6.92 Å². The smallest absolute Gasteiger partial charge is 0.0925 e. The maximum Gasteiger partial charge on any atom is 0.0925 e. The Bertz CT molecular complexity index is 442. The molecule has 7 nitrogen and oxygen atoms in total. The van der Waals surface area contributed by atoms with Gasteiger partial charge in [-0.3, -0.25) is 15.4 Å². The highest BCUT2D eigenvalue weighted by Crippen LogP contribution is 2.28. The van der Waals surface area contributed by atoms with Crippen LogP contribution in [0.3, 0.4) is 0 Å². The summed E-state index contributed by atoms with van der Waals surface area (Å²) in [5.74, 6) is 5.81. The first-order valence-electron chi connectivity index (χ1n) is 7.21. The molecule has 1 aliphatic rings. The molecule has 0 radical (unpaired) electrons. The molecular formula is C13H24BrN5O2. The molecule has 120 valence electrons. The van der Waals surface area contributed by atoms with E-state index in [-0.39, 0.29) is 12.1 Å². The predicted octanol–water partition coefficient (Wildman–Crippen LogP) is 0.517. The van der Waals surface area contributed by atoms with E-state index in [2.05, 4.69) is 38.3 Å². The summed E-state index contributed by atoms with van der Waals surface area (Å²) in [6, 6.07) is -0.118. The Balaban J connectivity index is 2.18. The van der Waals surface area contributed by atoms with Gasteiger partial charge in [0.2, 0.25) is 0 Å². The van der Waals surface area contributed by atoms with Crippen molar-refractivity contribution in [3.8, 4) is 0 Å². The first kappa shape index (κ1) is 16.9. The van der Waals surface area contributed by atoms with E-state index < -0.39 is 0 Å². The summed E-state index contributed by atoms with van der Waals surface area (Å²) in [6.07, 6.45) is 1.79. The van der Waals surface area contributed by atoms with Gasteiger partial charge in [0.25, 0.3) is 0 Å². The highest BCUT2D eigenvalue weighted by atomic mass is 79.9. The van der Waals surface area contributed by atoms with Gasteiger partial charge in [-0.2, -0.15) is 5.10 Å². The van der Waals surface area contributed by atoms with E-state index in [9.17, 15) is 0 Å². The van der Waals surface area contributed by atoms with Gasteiger partial charge in [0.1, 0.15) is 0 Å². The number of likely N-dealkylation sites (N-methyl/N-ethyl adjacent to an activating group) is 1. The van der Waals surface area contributed by atoms with Crippen molar-refractivity contribution in [2.75, 3.05) is 40.0 Å². The second kappa shape index (κ2) is 8.21. The lowest BCUT2D eigenvalue weighted by atomic mass is 10.1. The molecule has 1 fully saturated rings. The molecule has 2 unspecified atom stereocenters. The number of methoxy groups -OCH3 is 1. The Kier molecular flexibility index (Phi) is 6.59. The van der Waals surface area contributed by atoms with Crippen molar-refractivity contribution in [3.63, 3.8) is 0 Å². The first-order valence-corrected chi connectivity index (χ1v) is 8.00. The van der Waals surface area contributed by atoms with Gasteiger partial charge in [-0.15, -0.1) is 0 Å². The Morgan fingerprint density at radius 2 is 2.48 bits per heavy atom. The van der Waals surface area contributed by atoms with Gasteiger partial charge >= 0.3 is 0 Å². The normalized spacial score (nSPS) is 21.6. The Morgan fingerprint density at radius 1 is 1.67 bits per heavy atom. The van der Waals surface area contributed by atoms with Crippen molar-refractivity contribution >= 4 is 15.9 Å². The van der Waals surface area contributed by atoms with E-state index in [1.165, 1.54) is 0 Å². The summed E-state index contributed by atoms with van der Waals surface area (Å²) in [6.45, 7) is 7.00. The van der Waals surface area contributed by atoms with Crippen molar-refractivity contribution in [1.82, 2.24) is 20.1 Å². The zero-order valence-corrected chi connectivity index (χ0v) is 14.2. The molecule has 8 heteroatoms. The maximum atomic E-state index is 5.92. The van der Waals surface area contributed by atoms with Crippen molar-refractivity contribution in [1.29, 1.82) is 0 Å². The van der Waals surface area contributed by atoms with Crippen LogP contribution in [0.25, 0.3) is 0 Å². The molecule has 1 aliphatic heterocycles. The van der Waals surface area contributed by atoms with Crippen LogP contribution in [0.4, 0.5) is 0 Å². The lowest BCUT2D eigenvalue weighted by Crippen LogP contribution is -2.50. The minimum absolute atomic E-state index is 0.00186. The highest BCUT2D eigenvalue weighted by Gasteiger charge is 2.31. The van der Waals surface area contributed by atoms with Crippen molar-refractivity contribution in [2.45, 2.75) is 25.6 Å². The van der Waals surface area contributed by atoms with Crippen LogP contribution < -0.4 is 11.3 Å². The minimum atomic E-state index is -0.118. The van der Waals surface area contributed by atoms with Crippen molar-refractivity contribution in [2.24, 2.45) is 5.84 Å². The zero-order valence-electron chi connectivity index (χ0n) is 12.6. The zero-order chi connectivity index (χ0) is 15.2. The molecule has 2 rings (SSSR count). The molecule has 1 aromatic rings. The second-order valence-electron chi connectivity index (χ2n) is 5.04. The molecule has 0 bridgehead atoms. The van der Waals surface area contributed by atoms with E-state index in [0.29, 0.717) is 13.2 Å². The van der Waals surface area contributed by atoms with Crippen LogP contribution in [-0.4, -0.2) is 60.7 Å². The fourth-order valence-electron chi connectivity index (χ4n) is 2.62. The van der Waals surface area contributed by atoms with Crippen LogP contribution >= 0.6 is 15.9 Å². The quantitative estimate of drug-likeness (QED) is 0.544. The largest absolute Gasteiger partial charge is 0.383 e. The van der Waals surface area contributed by atoms with Crippen LogP contribution in [0.5, 0.6) is 0 Å². The molecule has 1 aromatic heterocycles. The summed E-state index contributed by atoms with van der Waals surface area (Å²) in [7, 11) is 1.68. The number of nitrogens with one attached hydrogen (secondary N) is 1. The van der Waals surface area contributed by atoms with E-state index in [1.807, 2.05) is 4.68 Å². The number of hydrogen-bond acceptors (Lipinski definition) is 6. The van der Waals surface area contributed by atoms with Gasteiger partial charge in [0, 0.05) is 20.2 Å². The van der Waals surface area contributed by atoms with Gasteiger partial charge in [0.05, 0.1) is 48.3 Å². The average Bonchev–Trinajstić information content (AvgIpc) is 2.88. The topological polar surface area (TPSA) is 77.6 Å². The summed E-state index contributed by atoms with van der Waals surface area (Å²) in [5.41, 5.74) is 3.89. The lowest BCUT2D eigenvalue weighted by molar-refractivity contribution is -0.0472. The number of hydrazine groups is 1. The van der Waals surface area contributed by atoms with Crippen LogP contribution in [-0.2, 0) is 16.0 Å². The maximum absolute atomic E-state index is 5.92. The monoisotopic (exact) mass is 361 g/mol. The molecule has 1 saturated heterocycles. The Morgan fingerprint density at radius 3 is 3.14 bits per heavy atom. The average molecular weight is 362 g/mol. The summed E-state index contributed by atoms with van der Waals surface area (Å²) in [5, 5.41) is 4.38. The van der Waals surface area contributed by atoms with E-state index in [0.717, 1.165) is 36.4 Å². The highest BCUT2D eigenvalue weighted by molar-refractivity contribution is 9.10. The van der Waals surface area contributed by atoms with Gasteiger partial charge < -0.3 is 9.47 Å². The Hall–Kier alpha value is -0.510. The molecule has 2 atom stereocenters. The third kappa shape index (κ3) is 4.02. The second-order valence-corrected chi connectivity index (χ2v) is 5.89. The van der Waals surface area contributed by atoms with Gasteiger partial charge in [-0.05, 0) is 22.5 Å². The molecule has 0 amide bonds. The summed E-state index contributed by atoms with van der Waals surface area (Å²) < 4.78 is 13.9. The van der Waals surface area contributed by atoms with E-state index in [1.54, 1.807) is 13.3 Å². The number of nitrogens with two attached hydrogens (primary N) is 1. The third-order valence-electron chi connectivity index (χ3n) is 3.81. The Labute approximate surface area is 133 Å². The van der Waals surface area contributed by atoms with Crippen LogP contribution in [0.2, 0.25) is 0 Å². The molecule has 21 heavy (non-hydrogen) atoms. The predicted molar refractivity (Wildman–Crippen MR) is 83.7 cm³/mol. The van der Waals surface area contributed by atoms with Crippen LogP contribution in [0.1, 0.15) is 18.7 Å². The molecule has 0 aliphatic carbocycles. The first-order chi connectivity index (χ1) is 10.2. The number of ether oxygens (including phenoxy) is 2. The fourth-order valence-corrected chi connectivity index (χ4v) is 3.16. The molecule has 2 heterocycles. The lowest BCUT2D eigenvalue weighted by Gasteiger charge is -2.36. The molecule has 0 saturated carbocycles. The molecule has 0 spiro atoms. The van der Waals surface area contributed by atoms with Crippen molar-refractivity contribution < 1.29 is 9.47 Å². The summed E-state index contributed by atoms with van der Waals surface area (Å²) >= 11 is 3.56. The molecule has 3 N–H and O–H groups in total. The fraction of sp³-hybridized carbons (Fsp3) is 0.769. The third-order valence-corrected chi connectivity index (χ3v) is 4.42. The number of aromatic nitrogens is 2. The molecule has 0 aromatic carbocycles. The number of rotatable bonds is 7. The minimum Gasteiger partial charge on any atom is -0.383 e. The number of nitrogens with zero attached hydrogens (tertiary/aromatic N) is 3.